The van der Waals surface area contributed by atoms with Crippen molar-refractivity contribution in [3.63, 3.8) is 0 Å². The van der Waals surface area contributed by atoms with Crippen molar-refractivity contribution in [3.8, 4) is 0 Å². The normalized spacial score (nSPS) is 20.7. The van der Waals surface area contributed by atoms with E-state index in [1.165, 1.54) is 6.92 Å². The van der Waals surface area contributed by atoms with Gasteiger partial charge in [0.1, 0.15) is 5.69 Å². The SMILES string of the molecule is Cc1cc(C(F)(F)F)nc(N2N=C(c3ccccc3)CC2(O)C(Cl)(Cl)Cl)n1. The van der Waals surface area contributed by atoms with Gasteiger partial charge >= 0.3 is 6.18 Å². The molecular weight excluding hydrogens is 428 g/mol. The number of alkyl halides is 6. The Kier molecular flexibility index (Phi) is 5.05. The van der Waals surface area contributed by atoms with Crippen LogP contribution in [0.2, 0.25) is 0 Å². The molecule has 2 aromatic rings. The van der Waals surface area contributed by atoms with Crippen LogP contribution in [-0.2, 0) is 6.18 Å². The molecule has 0 amide bonds. The lowest BCUT2D eigenvalue weighted by molar-refractivity contribution is -0.141. The predicted molar refractivity (Wildman–Crippen MR) is 97.1 cm³/mol. The van der Waals surface area contributed by atoms with Gasteiger partial charge in [-0.2, -0.15) is 23.3 Å². The second kappa shape index (κ2) is 6.77. The number of nitrogens with zero attached hydrogens (tertiary/aromatic N) is 4. The molecule has 27 heavy (non-hydrogen) atoms. The maximum atomic E-state index is 13.1. The molecule has 1 aromatic carbocycles. The Morgan fingerprint density at radius 3 is 2.30 bits per heavy atom. The Balaban J connectivity index is 2.15. The molecule has 0 aliphatic carbocycles. The third kappa shape index (κ3) is 3.85. The summed E-state index contributed by atoms with van der Waals surface area (Å²) in [4.78, 5) is 7.41. The van der Waals surface area contributed by atoms with Gasteiger partial charge in [0.2, 0.25) is 15.5 Å². The van der Waals surface area contributed by atoms with E-state index in [-0.39, 0.29) is 12.1 Å². The number of hydrogen-bond acceptors (Lipinski definition) is 5. The van der Waals surface area contributed by atoms with Crippen LogP contribution in [0.5, 0.6) is 0 Å². The monoisotopic (exact) mass is 438 g/mol. The quantitative estimate of drug-likeness (QED) is 0.701. The Hall–Kier alpha value is -1.61. The molecule has 0 saturated heterocycles. The van der Waals surface area contributed by atoms with Crippen molar-refractivity contribution in [1.29, 1.82) is 0 Å². The Morgan fingerprint density at radius 1 is 1.11 bits per heavy atom. The maximum Gasteiger partial charge on any atom is 0.433 e. The van der Waals surface area contributed by atoms with Crippen LogP contribution in [0, 0.1) is 6.92 Å². The lowest BCUT2D eigenvalue weighted by Gasteiger charge is -2.36. The second-order valence-electron chi connectivity index (χ2n) is 5.91. The molecule has 0 fully saturated rings. The molecule has 0 radical (unpaired) electrons. The average Bonchev–Trinajstić information content (AvgIpc) is 2.93. The van der Waals surface area contributed by atoms with Crippen molar-refractivity contribution in [3.05, 3.63) is 53.3 Å². The zero-order valence-electron chi connectivity index (χ0n) is 13.7. The highest BCUT2D eigenvalue weighted by atomic mass is 35.6. The van der Waals surface area contributed by atoms with Crippen LogP contribution in [0.3, 0.4) is 0 Å². The molecule has 1 aliphatic rings. The van der Waals surface area contributed by atoms with Crippen LogP contribution in [0.25, 0.3) is 0 Å². The highest BCUT2D eigenvalue weighted by Gasteiger charge is 2.57. The molecule has 5 nitrogen and oxygen atoms in total. The van der Waals surface area contributed by atoms with Gasteiger partial charge in [-0.05, 0) is 18.6 Å². The van der Waals surface area contributed by atoms with Crippen LogP contribution in [0.4, 0.5) is 19.1 Å². The first kappa shape index (κ1) is 20.1. The van der Waals surface area contributed by atoms with Crippen molar-refractivity contribution in [2.75, 3.05) is 5.01 Å². The minimum absolute atomic E-state index is 0.0161. The fourth-order valence-corrected chi connectivity index (χ4v) is 3.00. The van der Waals surface area contributed by atoms with Crippen molar-refractivity contribution in [1.82, 2.24) is 9.97 Å². The number of aromatic nitrogens is 2. The molecule has 0 saturated carbocycles. The lowest BCUT2D eigenvalue weighted by atomic mass is 10.0. The van der Waals surface area contributed by atoms with E-state index in [1.54, 1.807) is 30.3 Å². The molecule has 0 spiro atoms. The van der Waals surface area contributed by atoms with Crippen LogP contribution in [0.15, 0.2) is 41.5 Å². The molecule has 1 aliphatic heterocycles. The molecule has 1 aromatic heterocycles. The molecule has 3 rings (SSSR count). The molecule has 0 bridgehead atoms. The Labute approximate surface area is 167 Å². The van der Waals surface area contributed by atoms with E-state index in [0.717, 1.165) is 11.1 Å². The van der Waals surface area contributed by atoms with E-state index in [9.17, 15) is 18.3 Å². The first-order valence-electron chi connectivity index (χ1n) is 7.57. The number of aryl methyl sites for hydroxylation is 1. The summed E-state index contributed by atoms with van der Waals surface area (Å²) in [6.45, 7) is 1.35. The van der Waals surface area contributed by atoms with E-state index < -0.39 is 27.3 Å². The first-order valence-corrected chi connectivity index (χ1v) is 8.70. The van der Waals surface area contributed by atoms with Gasteiger partial charge in [-0.3, -0.25) is 0 Å². The average molecular weight is 440 g/mol. The Morgan fingerprint density at radius 2 is 1.74 bits per heavy atom. The highest BCUT2D eigenvalue weighted by Crippen LogP contribution is 2.47. The van der Waals surface area contributed by atoms with Gasteiger partial charge in [-0.15, -0.1) is 0 Å². The van der Waals surface area contributed by atoms with Crippen molar-refractivity contribution < 1.29 is 18.3 Å². The zero-order valence-corrected chi connectivity index (χ0v) is 15.9. The van der Waals surface area contributed by atoms with Gasteiger partial charge in [0.15, 0.2) is 0 Å². The van der Waals surface area contributed by atoms with E-state index in [4.69, 9.17) is 34.8 Å². The fraction of sp³-hybridized carbons (Fsp3) is 0.312. The molecule has 1 unspecified atom stereocenters. The van der Waals surface area contributed by atoms with Gasteiger partial charge in [0.25, 0.3) is 0 Å². The van der Waals surface area contributed by atoms with Crippen molar-refractivity contribution >= 4 is 46.5 Å². The second-order valence-corrected chi connectivity index (χ2v) is 8.19. The third-order valence-electron chi connectivity index (χ3n) is 3.87. The first-order chi connectivity index (χ1) is 12.4. The van der Waals surface area contributed by atoms with Gasteiger partial charge in [0.05, 0.1) is 5.71 Å². The van der Waals surface area contributed by atoms with E-state index in [1.807, 2.05) is 0 Å². The molecule has 2 heterocycles. The summed E-state index contributed by atoms with van der Waals surface area (Å²) in [5, 5.41) is 15.9. The largest absolute Gasteiger partial charge is 0.433 e. The van der Waals surface area contributed by atoms with E-state index in [2.05, 4.69) is 15.1 Å². The molecule has 144 valence electrons. The smallest absolute Gasteiger partial charge is 0.365 e. The summed E-state index contributed by atoms with van der Waals surface area (Å²) in [5.74, 6) is -0.526. The van der Waals surface area contributed by atoms with Gasteiger partial charge < -0.3 is 5.11 Å². The molecule has 1 N–H and O–H groups in total. The number of hydrazone groups is 1. The topological polar surface area (TPSA) is 61.6 Å². The number of anilines is 1. The molecule has 1 atom stereocenters. The molecule has 11 heteroatoms. The highest BCUT2D eigenvalue weighted by molar-refractivity contribution is 6.68. The minimum Gasteiger partial charge on any atom is -0.365 e. The number of rotatable bonds is 2. The van der Waals surface area contributed by atoms with Gasteiger partial charge in [-0.1, -0.05) is 65.1 Å². The predicted octanol–water partition coefficient (Wildman–Crippen LogP) is 4.48. The molecular formula is C16H12Cl3F3N4O. The number of hydrogen-bond donors (Lipinski definition) is 1. The number of benzene rings is 1. The Bertz CT molecular complexity index is 887. The maximum absolute atomic E-state index is 13.1. The van der Waals surface area contributed by atoms with Crippen LogP contribution >= 0.6 is 34.8 Å². The van der Waals surface area contributed by atoms with Crippen LogP contribution in [0.1, 0.15) is 23.4 Å². The standard InChI is InChI=1S/C16H12Cl3F3N4O/c1-9-7-12(15(20,21)22)24-13(23-9)26-14(27,16(17,18)19)8-11(25-26)10-5-3-2-4-6-10/h2-7,27H,8H2,1H3. The van der Waals surface area contributed by atoms with Crippen LogP contribution < -0.4 is 5.01 Å². The number of aliphatic hydroxyl groups is 1. The van der Waals surface area contributed by atoms with Gasteiger partial charge in [-0.25, -0.2) is 9.97 Å². The summed E-state index contributed by atoms with van der Waals surface area (Å²) >= 11 is 17.8. The van der Waals surface area contributed by atoms with E-state index in [0.29, 0.717) is 11.3 Å². The minimum atomic E-state index is -4.72. The third-order valence-corrected chi connectivity index (χ3v) is 4.78. The summed E-state index contributed by atoms with van der Waals surface area (Å²) in [5.41, 5.74) is -2.54. The summed E-state index contributed by atoms with van der Waals surface area (Å²) in [6, 6.07) is 9.44. The lowest BCUT2D eigenvalue weighted by Crippen LogP contribution is -2.54. The van der Waals surface area contributed by atoms with E-state index >= 15 is 0 Å². The van der Waals surface area contributed by atoms with Crippen LogP contribution in [-0.4, -0.2) is 30.3 Å². The summed E-state index contributed by atoms with van der Waals surface area (Å²) < 4.78 is 37.0. The van der Waals surface area contributed by atoms with Crippen molar-refractivity contribution in [2.45, 2.75) is 29.0 Å². The van der Waals surface area contributed by atoms with Gasteiger partial charge in [0, 0.05) is 12.1 Å². The number of halogens is 6. The van der Waals surface area contributed by atoms with Crippen molar-refractivity contribution in [2.24, 2.45) is 5.10 Å². The summed E-state index contributed by atoms with van der Waals surface area (Å²) in [6.07, 6.45) is -4.97. The summed E-state index contributed by atoms with van der Waals surface area (Å²) in [7, 11) is 0. The zero-order chi connectivity index (χ0) is 20.0. The fourth-order valence-electron chi connectivity index (χ4n) is 2.56.